The second-order valence-electron chi connectivity index (χ2n) is 7.28. The molecule has 1 aliphatic heterocycles. The van der Waals surface area contributed by atoms with Gasteiger partial charge in [-0.25, -0.2) is 4.98 Å². The van der Waals surface area contributed by atoms with Gasteiger partial charge in [-0.2, -0.15) is 0 Å². The quantitative estimate of drug-likeness (QED) is 0.741. The van der Waals surface area contributed by atoms with Gasteiger partial charge in [-0.15, -0.1) is 0 Å². The number of thioether (sulfide) groups is 1. The first-order valence-corrected chi connectivity index (χ1v) is 10.5. The molecule has 144 valence electrons. The summed E-state index contributed by atoms with van der Waals surface area (Å²) in [5.41, 5.74) is 2.67. The molecule has 1 aromatic carbocycles. The van der Waals surface area contributed by atoms with Crippen molar-refractivity contribution < 1.29 is 4.79 Å². The highest BCUT2D eigenvalue weighted by Crippen LogP contribution is 2.28. The van der Waals surface area contributed by atoms with Gasteiger partial charge in [0, 0.05) is 36.1 Å². The lowest BCUT2D eigenvalue weighted by Crippen LogP contribution is -2.45. The topological polar surface area (TPSA) is 55.2 Å². The van der Waals surface area contributed by atoms with Crippen molar-refractivity contribution in [3.63, 3.8) is 0 Å². The average molecular weight is 386 g/mol. The molecule has 0 spiro atoms. The molecule has 0 unspecified atom stereocenters. The van der Waals surface area contributed by atoms with Crippen LogP contribution in [-0.4, -0.2) is 32.2 Å². The Morgan fingerprint density at radius 1 is 1.33 bits per heavy atom. The number of hydrogen-bond acceptors (Lipinski definition) is 4. The first-order valence-electron chi connectivity index (χ1n) is 9.49. The van der Waals surface area contributed by atoms with E-state index in [9.17, 15) is 9.59 Å². The van der Waals surface area contributed by atoms with Crippen LogP contribution in [0, 0.1) is 12.8 Å². The molecule has 0 aliphatic carbocycles. The fourth-order valence-corrected chi connectivity index (χ4v) is 4.59. The second kappa shape index (κ2) is 8.30. The maximum Gasteiger partial charge on any atom is 0.257 e. The summed E-state index contributed by atoms with van der Waals surface area (Å²) in [6.07, 6.45) is 0.660. The second-order valence-corrected chi connectivity index (χ2v) is 8.27. The van der Waals surface area contributed by atoms with Gasteiger partial charge >= 0.3 is 0 Å². The van der Waals surface area contributed by atoms with E-state index in [1.165, 1.54) is 11.8 Å². The largest absolute Gasteiger partial charge is 0.336 e. The Bertz CT molecular complexity index is 877. The maximum atomic E-state index is 13.3. The average Bonchev–Trinajstić information content (AvgIpc) is 2.66. The summed E-state index contributed by atoms with van der Waals surface area (Å²) in [4.78, 5) is 32.6. The molecule has 5 nitrogen and oxygen atoms in total. The summed E-state index contributed by atoms with van der Waals surface area (Å²) in [6, 6.07) is 10.1. The molecule has 6 heteroatoms. The third-order valence-electron chi connectivity index (χ3n) is 5.06. The number of aromatic nitrogens is 2. The molecule has 0 N–H and O–H groups in total. The summed E-state index contributed by atoms with van der Waals surface area (Å²) >= 11 is 1.51. The first-order chi connectivity index (χ1) is 12.9. The summed E-state index contributed by atoms with van der Waals surface area (Å²) in [6.45, 7) is 8.94. The van der Waals surface area contributed by atoms with Crippen LogP contribution in [0.5, 0.6) is 0 Å². The molecule has 2 aromatic rings. The van der Waals surface area contributed by atoms with Gasteiger partial charge < -0.3 is 4.90 Å². The number of benzene rings is 1. The maximum absolute atomic E-state index is 13.3. The molecule has 0 fully saturated rings. The molecular formula is C21H27N3O2S. The van der Waals surface area contributed by atoms with Crippen LogP contribution in [0.25, 0.3) is 0 Å². The lowest BCUT2D eigenvalue weighted by Gasteiger charge is -2.33. The third-order valence-corrected chi connectivity index (χ3v) is 6.19. The van der Waals surface area contributed by atoms with Crippen molar-refractivity contribution in [2.45, 2.75) is 58.4 Å². The standard InChI is InChI=1S/C21H27N3O2S/c1-5-18-15(4)22-21-24(20(18)26)12-17(13-27-21)19(25)23(14(2)3)11-16-9-7-6-8-10-16/h6-10,14,17H,5,11-13H2,1-4H3/t17-/m1/s1. The fraction of sp³-hybridized carbons (Fsp3) is 0.476. The van der Waals surface area contributed by atoms with Gasteiger partial charge in [0.25, 0.3) is 5.56 Å². The highest BCUT2D eigenvalue weighted by atomic mass is 32.2. The Kier molecular flexibility index (Phi) is 6.05. The van der Waals surface area contributed by atoms with E-state index in [-0.39, 0.29) is 23.4 Å². The van der Waals surface area contributed by atoms with Crippen LogP contribution in [-0.2, 0) is 24.3 Å². The lowest BCUT2D eigenvalue weighted by molar-refractivity contribution is -0.137. The van der Waals surface area contributed by atoms with E-state index in [2.05, 4.69) is 4.98 Å². The molecule has 1 amide bonds. The Labute approximate surface area is 164 Å². The zero-order valence-electron chi connectivity index (χ0n) is 16.4. The molecule has 2 heterocycles. The summed E-state index contributed by atoms with van der Waals surface area (Å²) in [5.74, 6) is 0.562. The summed E-state index contributed by atoms with van der Waals surface area (Å²) in [7, 11) is 0. The van der Waals surface area contributed by atoms with Crippen LogP contribution in [0.3, 0.4) is 0 Å². The highest BCUT2D eigenvalue weighted by molar-refractivity contribution is 7.99. The van der Waals surface area contributed by atoms with E-state index in [0.717, 1.165) is 22.0 Å². The van der Waals surface area contributed by atoms with E-state index in [1.807, 2.05) is 62.9 Å². The smallest absolute Gasteiger partial charge is 0.257 e. The third kappa shape index (κ3) is 4.10. The lowest BCUT2D eigenvalue weighted by atomic mass is 10.1. The van der Waals surface area contributed by atoms with E-state index in [0.29, 0.717) is 25.3 Å². The minimum atomic E-state index is -0.208. The van der Waals surface area contributed by atoms with Crippen molar-refractivity contribution in [2.24, 2.45) is 5.92 Å². The van der Waals surface area contributed by atoms with Gasteiger partial charge in [-0.3, -0.25) is 14.2 Å². The van der Waals surface area contributed by atoms with E-state index in [1.54, 1.807) is 4.57 Å². The molecule has 0 bridgehead atoms. The molecule has 1 atom stereocenters. The van der Waals surface area contributed by atoms with E-state index >= 15 is 0 Å². The van der Waals surface area contributed by atoms with Crippen molar-refractivity contribution in [2.75, 3.05) is 5.75 Å². The fourth-order valence-electron chi connectivity index (χ4n) is 3.48. The zero-order chi connectivity index (χ0) is 19.6. The molecule has 3 rings (SSSR count). The van der Waals surface area contributed by atoms with Gasteiger partial charge in [0.2, 0.25) is 5.91 Å². The molecule has 1 aliphatic rings. The van der Waals surface area contributed by atoms with Crippen LogP contribution >= 0.6 is 11.8 Å². The minimum Gasteiger partial charge on any atom is -0.336 e. The number of aryl methyl sites for hydroxylation is 1. The number of fused-ring (bicyclic) bond motifs is 1. The van der Waals surface area contributed by atoms with Gasteiger partial charge in [0.1, 0.15) is 0 Å². The predicted molar refractivity (Wildman–Crippen MR) is 109 cm³/mol. The van der Waals surface area contributed by atoms with E-state index in [4.69, 9.17) is 0 Å². The summed E-state index contributed by atoms with van der Waals surface area (Å²) < 4.78 is 1.70. The Balaban J connectivity index is 1.84. The Hall–Kier alpha value is -2.08. The number of carbonyl (C=O) groups is 1. The molecule has 1 aromatic heterocycles. The van der Waals surface area contributed by atoms with Gasteiger partial charge in [-0.1, -0.05) is 49.0 Å². The minimum absolute atomic E-state index is 0.00385. The van der Waals surface area contributed by atoms with Crippen LogP contribution in [0.1, 0.15) is 37.6 Å². The van der Waals surface area contributed by atoms with Crippen LogP contribution in [0.2, 0.25) is 0 Å². The number of carbonyl (C=O) groups excluding carboxylic acids is 1. The zero-order valence-corrected chi connectivity index (χ0v) is 17.3. The SMILES string of the molecule is CCc1c(C)nc2n(c1=O)C[C@@H](C(=O)N(Cc1ccccc1)C(C)C)CS2. The van der Waals surface area contributed by atoms with Crippen molar-refractivity contribution in [3.05, 3.63) is 57.5 Å². The van der Waals surface area contributed by atoms with Crippen molar-refractivity contribution in [3.8, 4) is 0 Å². The van der Waals surface area contributed by atoms with Crippen LogP contribution < -0.4 is 5.56 Å². The van der Waals surface area contributed by atoms with Crippen molar-refractivity contribution >= 4 is 17.7 Å². The number of nitrogens with zero attached hydrogens (tertiary/aromatic N) is 3. The summed E-state index contributed by atoms with van der Waals surface area (Å²) in [5, 5.41) is 0.734. The van der Waals surface area contributed by atoms with Crippen LogP contribution in [0.15, 0.2) is 40.3 Å². The number of amides is 1. The highest BCUT2D eigenvalue weighted by Gasteiger charge is 2.32. The number of hydrogen-bond donors (Lipinski definition) is 0. The number of rotatable bonds is 5. The Morgan fingerprint density at radius 2 is 2.04 bits per heavy atom. The van der Waals surface area contributed by atoms with Crippen molar-refractivity contribution in [1.29, 1.82) is 0 Å². The predicted octanol–water partition coefficient (Wildman–Crippen LogP) is 3.27. The van der Waals surface area contributed by atoms with Gasteiger partial charge in [0.05, 0.1) is 5.92 Å². The van der Waals surface area contributed by atoms with Gasteiger partial charge in [0.15, 0.2) is 5.16 Å². The molecule has 27 heavy (non-hydrogen) atoms. The van der Waals surface area contributed by atoms with E-state index < -0.39 is 0 Å². The van der Waals surface area contributed by atoms with Gasteiger partial charge in [-0.05, 0) is 32.8 Å². The molecular weight excluding hydrogens is 358 g/mol. The Morgan fingerprint density at radius 3 is 2.67 bits per heavy atom. The van der Waals surface area contributed by atoms with Crippen LogP contribution in [0.4, 0.5) is 0 Å². The first kappa shape index (κ1) is 19.7. The molecule has 0 saturated heterocycles. The normalized spacial score (nSPS) is 16.3. The van der Waals surface area contributed by atoms with Crippen molar-refractivity contribution in [1.82, 2.24) is 14.5 Å². The molecule has 0 saturated carbocycles. The monoisotopic (exact) mass is 385 g/mol. The molecule has 0 radical (unpaired) electrons.